The topological polar surface area (TPSA) is 256 Å². The summed E-state index contributed by atoms with van der Waals surface area (Å²) in [7, 11) is -9.53. The van der Waals surface area contributed by atoms with Crippen molar-refractivity contribution in [2.75, 3.05) is 0 Å². The molecule has 1 heterocycles. The largest absolute Gasteiger partial charge is 0.756 e. The number of aromatic amines is 2. The van der Waals surface area contributed by atoms with Crippen LogP contribution in [0.4, 0.5) is 0 Å². The van der Waals surface area contributed by atoms with Crippen molar-refractivity contribution in [2.45, 2.75) is 12.5 Å². The molecule has 1 rings (SSSR count). The third kappa shape index (κ3) is 27.9. The number of nitrogens with one attached hydrogen (secondary N) is 2. The van der Waals surface area contributed by atoms with E-state index in [2.05, 4.69) is 15.7 Å². The van der Waals surface area contributed by atoms with E-state index >= 15 is 0 Å². The maximum atomic E-state index is 10.2. The van der Waals surface area contributed by atoms with Gasteiger partial charge in [0.2, 0.25) is 6.33 Å². The van der Waals surface area contributed by atoms with Crippen LogP contribution in [0.25, 0.3) is 0 Å². The lowest BCUT2D eigenvalue weighted by atomic mass is 10.2. The number of carbonyl (C=O) groups is 1. The molecule has 21 heavy (non-hydrogen) atoms. The molecule has 0 spiro atoms. The first-order chi connectivity index (χ1) is 9.20. The first-order valence-electron chi connectivity index (χ1n) is 4.82. The van der Waals surface area contributed by atoms with Crippen LogP contribution in [0, 0.1) is 0 Å². The lowest BCUT2D eigenvalue weighted by Gasteiger charge is -2.04. The molecule has 0 fully saturated rings. The average molecular weight is 351 g/mol. The molecule has 0 amide bonds. The third-order valence-corrected chi connectivity index (χ3v) is 1.40. The first kappa shape index (κ1) is 22.1. The average Bonchev–Trinajstić information content (AvgIpc) is 2.64. The number of phosphoric acid groups is 2. The van der Waals surface area contributed by atoms with Crippen LogP contribution in [0.15, 0.2) is 12.5 Å². The quantitative estimate of drug-likeness (QED) is 0.254. The van der Waals surface area contributed by atoms with Crippen molar-refractivity contribution in [3.05, 3.63) is 18.2 Å². The summed E-state index contributed by atoms with van der Waals surface area (Å²) in [5, 5.41) is 10.2. The van der Waals surface area contributed by atoms with E-state index in [9.17, 15) is 9.90 Å². The smallest absolute Gasteiger partial charge is 0.466 e. The number of hydrogen-bond acceptors (Lipinski definition) is 5. The van der Waals surface area contributed by atoms with E-state index < -0.39 is 27.7 Å². The lowest BCUT2D eigenvalue weighted by Crippen LogP contribution is -2.69. The Hall–Kier alpha value is -1.14. The van der Waals surface area contributed by atoms with E-state index in [-0.39, 0.29) is 0 Å². The Bertz CT molecular complexity index is 456. The summed E-state index contributed by atoms with van der Waals surface area (Å²) in [5.74, 6) is -1.13. The number of aliphatic carboxylic acids is 1. The Kier molecular flexibility index (Phi) is 10.3. The van der Waals surface area contributed by atoms with Crippen molar-refractivity contribution in [3.63, 3.8) is 0 Å². The summed E-state index contributed by atoms with van der Waals surface area (Å²) in [5.41, 5.74) is 4.23. The summed E-state index contributed by atoms with van der Waals surface area (Å²) in [6.07, 6.45) is 3.68. The van der Waals surface area contributed by atoms with Crippen LogP contribution in [0.2, 0.25) is 0 Å². The number of carbonyl (C=O) groups excluding carboxylic acids is 1. The van der Waals surface area contributed by atoms with E-state index in [1.165, 1.54) is 0 Å². The molecule has 0 radical (unpaired) electrons. The van der Waals surface area contributed by atoms with E-state index in [1.807, 2.05) is 0 Å². The minimum absolute atomic E-state index is 0.367. The van der Waals surface area contributed by atoms with Crippen LogP contribution in [0.5, 0.6) is 0 Å². The Morgan fingerprint density at radius 3 is 1.95 bits per heavy atom. The van der Waals surface area contributed by atoms with E-state index in [1.54, 1.807) is 12.5 Å². The second kappa shape index (κ2) is 9.73. The number of carboxylic acid groups (broad SMARTS) is 1. The number of hydrogen-bond donors (Lipinski definition) is 7. The number of rotatable bonds is 3. The van der Waals surface area contributed by atoms with Gasteiger partial charge in [0, 0.05) is 0 Å². The second-order valence-electron chi connectivity index (χ2n) is 3.35. The van der Waals surface area contributed by atoms with Crippen LogP contribution in [0.3, 0.4) is 0 Å². The van der Waals surface area contributed by atoms with E-state index in [0.717, 1.165) is 5.69 Å². The van der Waals surface area contributed by atoms with Crippen molar-refractivity contribution in [1.82, 2.24) is 4.98 Å². The summed E-state index contributed by atoms with van der Waals surface area (Å²) in [6, 6.07) is -0.693. The van der Waals surface area contributed by atoms with Gasteiger partial charge in [0.15, 0.2) is 0 Å². The standard InChI is InChI=1S/C6H9N3O2.2H3O4P/c7-5(6(10)11)1-4-2-8-3-9-4;2*1-5(2,3)4/h2-3,5H,1,7H2,(H,8,9)(H,10,11);2*(H3,1,2,3,4)/t5-;;/m0../s1. The summed E-state index contributed by atoms with van der Waals surface area (Å²) in [6.45, 7) is 0. The number of quaternary nitrogens is 1. The summed E-state index contributed by atoms with van der Waals surface area (Å²) >= 11 is 0. The molecule has 1 aromatic rings. The monoisotopic (exact) mass is 351 g/mol. The van der Waals surface area contributed by atoms with Gasteiger partial charge in [-0.25, -0.2) is 9.55 Å². The highest BCUT2D eigenvalue weighted by molar-refractivity contribution is 7.45. The number of carboxylic acids is 1. The van der Waals surface area contributed by atoms with Crippen LogP contribution in [0.1, 0.15) is 5.69 Å². The SMILES string of the molecule is O=P(O)(O)O.O=P([O-])(O)O.[NH3+][C@@H](Cc1c[nH+]c[nH]1)C(=O)[O-]. The minimum Gasteiger partial charge on any atom is -0.756 e. The molecular formula is C6H15N3O10P2. The molecule has 0 aliphatic carbocycles. The summed E-state index contributed by atoms with van der Waals surface area (Å²) in [4.78, 5) is 60.3. The highest BCUT2D eigenvalue weighted by atomic mass is 31.2. The molecule has 13 nitrogen and oxygen atoms in total. The van der Waals surface area contributed by atoms with Crippen molar-refractivity contribution >= 4 is 21.6 Å². The van der Waals surface area contributed by atoms with E-state index in [4.69, 9.17) is 38.5 Å². The van der Waals surface area contributed by atoms with Crippen LogP contribution >= 0.6 is 15.6 Å². The Morgan fingerprint density at radius 1 is 1.33 bits per heavy atom. The number of H-pyrrole nitrogens is 2. The number of aromatic nitrogens is 2. The predicted octanol–water partition coefficient (Wildman–Crippen LogP) is -5.76. The van der Waals surface area contributed by atoms with Crippen LogP contribution in [-0.2, 0) is 20.3 Å². The van der Waals surface area contributed by atoms with Gasteiger partial charge in [0.25, 0.3) is 7.82 Å². The van der Waals surface area contributed by atoms with Gasteiger partial charge < -0.3 is 45.0 Å². The van der Waals surface area contributed by atoms with Crippen LogP contribution in [-0.4, -0.2) is 41.5 Å². The lowest BCUT2D eigenvalue weighted by molar-refractivity contribution is -0.437. The zero-order valence-corrected chi connectivity index (χ0v) is 12.1. The Labute approximate surface area is 117 Å². The molecule has 1 aromatic heterocycles. The van der Waals surface area contributed by atoms with Gasteiger partial charge in [-0.3, -0.25) is 9.55 Å². The van der Waals surface area contributed by atoms with Gasteiger partial charge in [-0.15, -0.1) is 0 Å². The molecule has 1 atom stereocenters. The molecule has 0 unspecified atom stereocenters. The number of imidazole rings is 1. The molecule has 15 heteroatoms. The van der Waals surface area contributed by atoms with Gasteiger partial charge >= 0.3 is 7.82 Å². The fraction of sp³-hybridized carbons (Fsp3) is 0.333. The molecule has 0 saturated heterocycles. The Morgan fingerprint density at radius 2 is 1.71 bits per heavy atom. The first-order valence-corrected chi connectivity index (χ1v) is 7.91. The molecule has 0 aromatic carbocycles. The fourth-order valence-corrected chi connectivity index (χ4v) is 0.785. The van der Waals surface area contributed by atoms with Gasteiger partial charge in [-0.05, 0) is 0 Å². The predicted molar refractivity (Wildman–Crippen MR) is 59.0 cm³/mol. The molecule has 10 N–H and O–H groups in total. The van der Waals surface area contributed by atoms with Gasteiger partial charge in [-0.1, -0.05) is 0 Å². The zero-order chi connectivity index (χ0) is 17.3. The van der Waals surface area contributed by atoms with Crippen molar-refractivity contribution in [3.8, 4) is 0 Å². The van der Waals surface area contributed by atoms with E-state index in [0.29, 0.717) is 6.42 Å². The second-order valence-corrected chi connectivity index (χ2v) is 5.36. The van der Waals surface area contributed by atoms with Crippen molar-refractivity contribution < 1.29 is 59.1 Å². The van der Waals surface area contributed by atoms with Crippen molar-refractivity contribution in [1.29, 1.82) is 0 Å². The highest BCUT2D eigenvalue weighted by Gasteiger charge is 2.11. The van der Waals surface area contributed by atoms with Gasteiger partial charge in [0.05, 0.1) is 12.4 Å². The van der Waals surface area contributed by atoms with Gasteiger partial charge in [0.1, 0.15) is 17.9 Å². The zero-order valence-electron chi connectivity index (χ0n) is 10.3. The highest BCUT2D eigenvalue weighted by Crippen LogP contribution is 2.25. The fourth-order valence-electron chi connectivity index (χ4n) is 0.785. The normalized spacial score (nSPS) is 12.3. The molecule has 124 valence electrons. The molecular weight excluding hydrogens is 336 g/mol. The maximum absolute atomic E-state index is 10.2. The molecule has 0 bridgehead atoms. The van der Waals surface area contributed by atoms with Crippen molar-refractivity contribution in [2.24, 2.45) is 0 Å². The maximum Gasteiger partial charge on any atom is 0.466 e. The van der Waals surface area contributed by atoms with Crippen LogP contribution < -0.4 is 20.7 Å². The molecule has 0 saturated carbocycles. The minimum atomic E-state index is -4.89. The van der Waals surface area contributed by atoms with Gasteiger partial charge in [-0.2, -0.15) is 0 Å². The Balaban J connectivity index is 0. The summed E-state index contributed by atoms with van der Waals surface area (Å²) < 4.78 is 17.7. The molecule has 0 aliphatic heterocycles. The third-order valence-electron chi connectivity index (χ3n) is 1.40. The molecule has 0 aliphatic rings.